The fourth-order valence-corrected chi connectivity index (χ4v) is 3.82. The van der Waals surface area contributed by atoms with Crippen LogP contribution in [-0.2, 0) is 21.9 Å². The second-order valence-electron chi connectivity index (χ2n) is 4.64. The number of rotatable bonds is 2. The molecular formula is C13H17NO4S. The van der Waals surface area contributed by atoms with Crippen LogP contribution in [0.25, 0.3) is 0 Å². The predicted molar refractivity (Wildman–Crippen MR) is 71.4 cm³/mol. The van der Waals surface area contributed by atoms with Crippen LogP contribution in [0.1, 0.15) is 23.6 Å². The van der Waals surface area contributed by atoms with Crippen molar-refractivity contribution in [3.8, 4) is 11.5 Å². The van der Waals surface area contributed by atoms with E-state index in [1.54, 1.807) is 14.2 Å². The molecular weight excluding hydrogens is 266 g/mol. The zero-order chi connectivity index (χ0) is 13.4. The third kappa shape index (κ3) is 2.13. The number of nitrogens with zero attached hydrogens (tertiary/aromatic N) is 1. The summed E-state index contributed by atoms with van der Waals surface area (Å²) in [5.41, 5.74) is 2.43. The van der Waals surface area contributed by atoms with Crippen molar-refractivity contribution >= 4 is 11.3 Å². The van der Waals surface area contributed by atoms with E-state index in [1.807, 2.05) is 16.4 Å². The third-order valence-electron chi connectivity index (χ3n) is 3.72. The summed E-state index contributed by atoms with van der Waals surface area (Å²) in [6.07, 6.45) is 1.70. The van der Waals surface area contributed by atoms with Crippen molar-refractivity contribution in [1.82, 2.24) is 4.31 Å². The summed E-state index contributed by atoms with van der Waals surface area (Å²) in [5, 5.41) is 0. The monoisotopic (exact) mass is 283 g/mol. The van der Waals surface area contributed by atoms with Crippen LogP contribution < -0.4 is 9.47 Å². The van der Waals surface area contributed by atoms with Crippen molar-refractivity contribution < 1.29 is 17.9 Å². The van der Waals surface area contributed by atoms with Gasteiger partial charge >= 0.3 is 0 Å². The Hall–Kier alpha value is -1.11. The van der Waals surface area contributed by atoms with Gasteiger partial charge in [-0.1, -0.05) is 0 Å². The van der Waals surface area contributed by atoms with Crippen molar-refractivity contribution in [3.05, 3.63) is 23.3 Å². The van der Waals surface area contributed by atoms with Gasteiger partial charge in [-0.25, -0.2) is 4.21 Å². The van der Waals surface area contributed by atoms with Gasteiger partial charge in [0.15, 0.2) is 11.5 Å². The number of fused-ring (bicyclic) bond motifs is 3. The molecule has 0 N–H and O–H groups in total. The van der Waals surface area contributed by atoms with E-state index in [0.717, 1.165) is 30.9 Å². The summed E-state index contributed by atoms with van der Waals surface area (Å²) in [6, 6.07) is 4.19. The summed E-state index contributed by atoms with van der Waals surface area (Å²) in [7, 11) is 3.27. The molecule has 2 atom stereocenters. The summed E-state index contributed by atoms with van der Waals surface area (Å²) in [4.78, 5) is 0. The molecule has 1 saturated heterocycles. The zero-order valence-electron chi connectivity index (χ0n) is 11.0. The zero-order valence-corrected chi connectivity index (χ0v) is 11.9. The molecule has 5 nitrogen and oxygen atoms in total. The van der Waals surface area contributed by atoms with Crippen LogP contribution in [0, 0.1) is 0 Å². The quantitative estimate of drug-likeness (QED) is 0.827. The van der Waals surface area contributed by atoms with Crippen LogP contribution >= 0.6 is 0 Å². The first-order valence-corrected chi connectivity index (χ1v) is 7.34. The van der Waals surface area contributed by atoms with E-state index in [9.17, 15) is 4.21 Å². The Bertz CT molecular complexity index is 520. The highest BCUT2D eigenvalue weighted by Crippen LogP contribution is 2.41. The first-order valence-electron chi connectivity index (χ1n) is 6.31. The van der Waals surface area contributed by atoms with Crippen molar-refractivity contribution in [2.75, 3.05) is 27.4 Å². The second kappa shape index (κ2) is 5.11. The van der Waals surface area contributed by atoms with Crippen LogP contribution in [0.5, 0.6) is 11.5 Å². The number of ether oxygens (including phenoxy) is 2. The molecule has 0 aliphatic carbocycles. The van der Waals surface area contributed by atoms with Crippen molar-refractivity contribution in [2.24, 2.45) is 0 Å². The molecule has 6 heteroatoms. The van der Waals surface area contributed by atoms with E-state index in [2.05, 4.69) is 0 Å². The normalized spacial score (nSPS) is 26.4. The molecule has 2 aliphatic rings. The molecule has 2 heterocycles. The lowest BCUT2D eigenvalue weighted by molar-refractivity contribution is 0.181. The lowest BCUT2D eigenvalue weighted by Gasteiger charge is -2.38. The maximum absolute atomic E-state index is 11.9. The molecule has 0 bridgehead atoms. The van der Waals surface area contributed by atoms with Gasteiger partial charge in [0, 0.05) is 6.54 Å². The minimum Gasteiger partial charge on any atom is -0.493 e. The molecule has 0 radical (unpaired) electrons. The Morgan fingerprint density at radius 1 is 1.32 bits per heavy atom. The van der Waals surface area contributed by atoms with E-state index >= 15 is 0 Å². The van der Waals surface area contributed by atoms with Crippen LogP contribution in [0.4, 0.5) is 0 Å². The largest absolute Gasteiger partial charge is 0.493 e. The molecule has 0 amide bonds. The Morgan fingerprint density at radius 3 is 2.79 bits per heavy atom. The van der Waals surface area contributed by atoms with Crippen LogP contribution in [0.2, 0.25) is 0 Å². The summed E-state index contributed by atoms with van der Waals surface area (Å²) in [5.74, 6) is 1.48. The van der Waals surface area contributed by atoms with Crippen molar-refractivity contribution in [2.45, 2.75) is 18.9 Å². The number of hydrogen-bond donors (Lipinski definition) is 0. The summed E-state index contributed by atoms with van der Waals surface area (Å²) in [6.45, 7) is 1.28. The molecule has 2 unspecified atom stereocenters. The SMILES string of the molecule is COc1cc2c(cc1OC)C1CCOS(=O)N1CC2. The average Bonchev–Trinajstić information content (AvgIpc) is 2.45. The second-order valence-corrected chi connectivity index (χ2v) is 5.78. The smallest absolute Gasteiger partial charge is 0.237 e. The first-order chi connectivity index (χ1) is 9.24. The van der Waals surface area contributed by atoms with E-state index in [0.29, 0.717) is 6.61 Å². The molecule has 3 rings (SSSR count). The fourth-order valence-electron chi connectivity index (χ4n) is 2.78. The molecule has 0 spiro atoms. The number of hydrogen-bond acceptors (Lipinski definition) is 4. The van der Waals surface area contributed by atoms with Crippen LogP contribution in [-0.4, -0.2) is 35.9 Å². The van der Waals surface area contributed by atoms with Crippen molar-refractivity contribution in [3.63, 3.8) is 0 Å². The highest BCUT2D eigenvalue weighted by Gasteiger charge is 2.35. The molecule has 1 aromatic carbocycles. The molecule has 104 valence electrons. The minimum atomic E-state index is -1.32. The van der Waals surface area contributed by atoms with Gasteiger partial charge in [-0.15, -0.1) is 0 Å². The van der Waals surface area contributed by atoms with Gasteiger partial charge in [-0.05, 0) is 36.1 Å². The van der Waals surface area contributed by atoms with Gasteiger partial charge in [0.2, 0.25) is 11.3 Å². The van der Waals surface area contributed by atoms with Gasteiger partial charge in [-0.3, -0.25) is 4.18 Å². The Morgan fingerprint density at radius 2 is 2.05 bits per heavy atom. The predicted octanol–water partition coefficient (Wildman–Crippen LogP) is 1.60. The number of methoxy groups -OCH3 is 2. The Balaban J connectivity index is 2.04. The Kier molecular flexibility index (Phi) is 3.47. The van der Waals surface area contributed by atoms with Crippen LogP contribution in [0.3, 0.4) is 0 Å². The van der Waals surface area contributed by atoms with Gasteiger partial charge in [-0.2, -0.15) is 4.31 Å². The molecule has 19 heavy (non-hydrogen) atoms. The molecule has 0 saturated carbocycles. The lowest BCUT2D eigenvalue weighted by Crippen LogP contribution is -2.41. The summed E-state index contributed by atoms with van der Waals surface area (Å²) >= 11 is -1.32. The Labute approximate surface area is 115 Å². The maximum Gasteiger partial charge on any atom is 0.237 e. The van der Waals surface area contributed by atoms with Gasteiger partial charge in [0.05, 0.1) is 26.9 Å². The van der Waals surface area contributed by atoms with E-state index in [1.165, 1.54) is 11.1 Å². The standard InChI is InChI=1S/C13H17NO4S/c1-16-12-7-9-3-5-14-11(4-6-18-19(14)15)10(9)8-13(12)17-2/h7-8,11H,3-6H2,1-2H3. The molecule has 1 fully saturated rings. The lowest BCUT2D eigenvalue weighted by atomic mass is 9.92. The van der Waals surface area contributed by atoms with E-state index < -0.39 is 11.3 Å². The van der Waals surface area contributed by atoms with Gasteiger partial charge < -0.3 is 9.47 Å². The van der Waals surface area contributed by atoms with Crippen LogP contribution in [0.15, 0.2) is 12.1 Å². The van der Waals surface area contributed by atoms with E-state index in [4.69, 9.17) is 13.7 Å². The fraction of sp³-hybridized carbons (Fsp3) is 0.538. The topological polar surface area (TPSA) is 48.0 Å². The van der Waals surface area contributed by atoms with Gasteiger partial charge in [0.1, 0.15) is 0 Å². The van der Waals surface area contributed by atoms with Gasteiger partial charge in [0.25, 0.3) is 0 Å². The average molecular weight is 283 g/mol. The highest BCUT2D eigenvalue weighted by atomic mass is 32.2. The maximum atomic E-state index is 11.9. The van der Waals surface area contributed by atoms with Crippen molar-refractivity contribution in [1.29, 1.82) is 0 Å². The molecule has 2 aliphatic heterocycles. The van der Waals surface area contributed by atoms with E-state index in [-0.39, 0.29) is 6.04 Å². The molecule has 0 aromatic heterocycles. The first kappa shape index (κ1) is 12.9. The highest BCUT2D eigenvalue weighted by molar-refractivity contribution is 7.77. The minimum absolute atomic E-state index is 0.151. The number of benzene rings is 1. The third-order valence-corrected chi connectivity index (χ3v) is 4.91. The molecule has 1 aromatic rings. The summed E-state index contributed by atoms with van der Waals surface area (Å²) < 4.78 is 29.7.